The maximum Gasteiger partial charge on any atom is 0.309 e. The second-order valence-corrected chi connectivity index (χ2v) is 5.80. The predicted molar refractivity (Wildman–Crippen MR) is 77.5 cm³/mol. The lowest BCUT2D eigenvalue weighted by Gasteiger charge is -2.35. The summed E-state index contributed by atoms with van der Waals surface area (Å²) in [6.45, 7) is 1.71. The number of esters is 1. The number of Topliss-reactive ketones (excluding diaryl/α,β-unsaturated/α-hetero) is 2. The number of ketones is 2. The first-order chi connectivity index (χ1) is 11.0. The van der Waals surface area contributed by atoms with Gasteiger partial charge in [-0.1, -0.05) is 12.1 Å². The van der Waals surface area contributed by atoms with E-state index in [1.54, 1.807) is 25.1 Å². The molecule has 0 aromatic heterocycles. The van der Waals surface area contributed by atoms with Gasteiger partial charge < -0.3 is 14.2 Å². The number of methoxy groups -OCH3 is 1. The molecule has 2 heterocycles. The quantitative estimate of drug-likeness (QED) is 0.731. The third-order valence-corrected chi connectivity index (χ3v) is 4.53. The summed E-state index contributed by atoms with van der Waals surface area (Å²) in [4.78, 5) is 37.5. The van der Waals surface area contributed by atoms with E-state index in [9.17, 15) is 14.4 Å². The van der Waals surface area contributed by atoms with Crippen LogP contribution in [0.5, 0.6) is 5.75 Å². The van der Waals surface area contributed by atoms with Crippen molar-refractivity contribution in [1.29, 1.82) is 0 Å². The van der Waals surface area contributed by atoms with Crippen LogP contribution >= 0.6 is 0 Å². The van der Waals surface area contributed by atoms with Crippen molar-refractivity contribution in [2.24, 2.45) is 0 Å². The van der Waals surface area contributed by atoms with Gasteiger partial charge in [-0.2, -0.15) is 0 Å². The normalized spacial score (nSPS) is 29.0. The summed E-state index contributed by atoms with van der Waals surface area (Å²) in [7, 11) is 1.45. The van der Waals surface area contributed by atoms with E-state index in [1.807, 2.05) is 0 Å². The highest BCUT2D eigenvalue weighted by molar-refractivity contribution is 6.29. The molecule has 0 saturated carbocycles. The monoisotopic (exact) mass is 314 g/mol. The first-order valence-corrected chi connectivity index (χ1v) is 7.38. The van der Waals surface area contributed by atoms with Gasteiger partial charge in [-0.25, -0.2) is 0 Å². The summed E-state index contributed by atoms with van der Waals surface area (Å²) < 4.78 is 16.2. The molecule has 1 saturated heterocycles. The number of carbonyl (C=O) groups is 3. The number of hydrogen-bond acceptors (Lipinski definition) is 6. The van der Waals surface area contributed by atoms with Crippen LogP contribution in [0.2, 0.25) is 0 Å². The van der Waals surface area contributed by atoms with Gasteiger partial charge >= 0.3 is 5.97 Å². The van der Waals surface area contributed by atoms with Gasteiger partial charge in [0, 0.05) is 11.1 Å². The number of rotatable bonds is 1. The van der Waals surface area contributed by atoms with Crippen LogP contribution in [0.4, 0.5) is 0 Å². The van der Waals surface area contributed by atoms with E-state index in [4.69, 9.17) is 14.2 Å². The Morgan fingerprint density at radius 2 is 1.91 bits per heavy atom. The molecule has 1 aromatic carbocycles. The van der Waals surface area contributed by atoms with Crippen LogP contribution in [0, 0.1) is 0 Å². The fourth-order valence-corrected chi connectivity index (χ4v) is 3.57. The molecule has 0 unspecified atom stereocenters. The molecular weight excluding hydrogens is 300 g/mol. The summed E-state index contributed by atoms with van der Waals surface area (Å²) >= 11 is 0. The van der Waals surface area contributed by atoms with E-state index >= 15 is 0 Å². The fourth-order valence-electron chi connectivity index (χ4n) is 3.57. The maximum atomic E-state index is 12.9. The van der Waals surface area contributed by atoms with Crippen molar-refractivity contribution in [3.63, 3.8) is 0 Å². The summed E-state index contributed by atoms with van der Waals surface area (Å²) in [6.07, 6.45) is -1.79. The minimum Gasteiger partial charge on any atom is -0.496 e. The summed E-state index contributed by atoms with van der Waals surface area (Å²) in [5.74, 6) is -0.669. The molecule has 2 aliphatic heterocycles. The van der Waals surface area contributed by atoms with Crippen molar-refractivity contribution in [2.75, 3.05) is 7.11 Å². The predicted octanol–water partition coefficient (Wildman–Crippen LogP) is 1.47. The topological polar surface area (TPSA) is 78.9 Å². The zero-order valence-electron chi connectivity index (χ0n) is 12.6. The number of benzene rings is 1. The van der Waals surface area contributed by atoms with Crippen molar-refractivity contribution in [3.05, 3.63) is 40.5 Å². The Hall–Kier alpha value is -2.47. The number of carbonyl (C=O) groups excluding carboxylic acids is 3. The first kappa shape index (κ1) is 14.1. The Morgan fingerprint density at radius 3 is 2.65 bits per heavy atom. The molecule has 3 atom stereocenters. The molecule has 0 bridgehead atoms. The lowest BCUT2D eigenvalue weighted by atomic mass is 9.77. The van der Waals surface area contributed by atoms with Crippen molar-refractivity contribution < 1.29 is 28.6 Å². The summed E-state index contributed by atoms with van der Waals surface area (Å²) in [6, 6.07) is 4.89. The Bertz CT molecular complexity index is 790. The van der Waals surface area contributed by atoms with Crippen molar-refractivity contribution in [2.45, 2.75) is 31.7 Å². The Labute approximate surface area is 132 Å². The van der Waals surface area contributed by atoms with Gasteiger partial charge in [-0.3, -0.25) is 14.4 Å². The highest BCUT2D eigenvalue weighted by Crippen LogP contribution is 2.42. The number of ether oxygens (including phenoxy) is 3. The van der Waals surface area contributed by atoms with E-state index in [0.29, 0.717) is 5.75 Å². The van der Waals surface area contributed by atoms with E-state index < -0.39 is 24.3 Å². The molecule has 23 heavy (non-hydrogen) atoms. The van der Waals surface area contributed by atoms with Gasteiger partial charge in [0.2, 0.25) is 0 Å². The minimum absolute atomic E-state index is 0.0955. The SMILES string of the molecule is COc1cccc2c1C(=O)C1=C(C2=O)[C@@H]2OC(=O)C[C@@H]2O[C@H]1C. The highest BCUT2D eigenvalue weighted by Gasteiger charge is 2.51. The highest BCUT2D eigenvalue weighted by atomic mass is 16.6. The van der Waals surface area contributed by atoms with Crippen molar-refractivity contribution >= 4 is 17.5 Å². The van der Waals surface area contributed by atoms with Crippen LogP contribution in [0.25, 0.3) is 0 Å². The van der Waals surface area contributed by atoms with E-state index in [2.05, 4.69) is 0 Å². The van der Waals surface area contributed by atoms with Gasteiger partial charge in [0.1, 0.15) is 11.9 Å². The van der Waals surface area contributed by atoms with Crippen LogP contribution < -0.4 is 4.74 Å². The largest absolute Gasteiger partial charge is 0.496 e. The Kier molecular flexibility index (Phi) is 2.93. The molecule has 0 spiro atoms. The van der Waals surface area contributed by atoms with Crippen LogP contribution in [0.15, 0.2) is 29.3 Å². The van der Waals surface area contributed by atoms with Gasteiger partial charge in [-0.05, 0) is 13.0 Å². The van der Waals surface area contributed by atoms with Crippen molar-refractivity contribution in [3.8, 4) is 5.75 Å². The molecule has 1 aromatic rings. The van der Waals surface area contributed by atoms with Crippen LogP contribution in [-0.4, -0.2) is 43.0 Å². The average molecular weight is 314 g/mol. The molecule has 0 radical (unpaired) electrons. The number of hydrogen-bond donors (Lipinski definition) is 0. The summed E-state index contributed by atoms with van der Waals surface area (Å²) in [5, 5.41) is 0. The Balaban J connectivity index is 1.93. The molecule has 4 rings (SSSR count). The molecule has 0 N–H and O–H groups in total. The zero-order valence-corrected chi connectivity index (χ0v) is 12.6. The van der Waals surface area contributed by atoms with E-state index in [-0.39, 0.29) is 40.3 Å². The zero-order chi connectivity index (χ0) is 16.3. The lowest BCUT2D eigenvalue weighted by molar-refractivity contribution is -0.140. The van der Waals surface area contributed by atoms with Crippen LogP contribution in [0.3, 0.4) is 0 Å². The second kappa shape index (κ2) is 4.76. The fraction of sp³-hybridized carbons (Fsp3) is 0.353. The van der Waals surface area contributed by atoms with E-state index in [1.165, 1.54) is 7.11 Å². The molecule has 6 heteroatoms. The van der Waals surface area contributed by atoms with Crippen LogP contribution in [0.1, 0.15) is 34.1 Å². The minimum atomic E-state index is -0.801. The van der Waals surface area contributed by atoms with Gasteiger partial charge in [0.25, 0.3) is 0 Å². The molecular formula is C17H14O6. The first-order valence-electron chi connectivity index (χ1n) is 7.38. The summed E-state index contributed by atoms with van der Waals surface area (Å²) in [5.41, 5.74) is 1.05. The van der Waals surface area contributed by atoms with Crippen LogP contribution in [-0.2, 0) is 14.3 Å². The Morgan fingerprint density at radius 1 is 1.13 bits per heavy atom. The van der Waals surface area contributed by atoms with Gasteiger partial charge in [0.15, 0.2) is 17.7 Å². The van der Waals surface area contributed by atoms with Crippen molar-refractivity contribution in [1.82, 2.24) is 0 Å². The molecule has 0 amide bonds. The van der Waals surface area contributed by atoms with Gasteiger partial charge in [-0.15, -0.1) is 0 Å². The van der Waals surface area contributed by atoms with Gasteiger partial charge in [0.05, 0.1) is 30.8 Å². The smallest absolute Gasteiger partial charge is 0.309 e. The molecule has 1 aliphatic carbocycles. The third-order valence-electron chi connectivity index (χ3n) is 4.53. The lowest BCUT2D eigenvalue weighted by Crippen LogP contribution is -2.44. The molecule has 1 fully saturated rings. The third kappa shape index (κ3) is 1.81. The molecule has 3 aliphatic rings. The van der Waals surface area contributed by atoms with E-state index in [0.717, 1.165) is 0 Å². The molecule has 6 nitrogen and oxygen atoms in total. The standard InChI is InChI=1S/C17H14O6/c1-7-12-14(17-10(22-7)6-11(18)23-17)15(19)8-4-3-5-9(21-2)13(8)16(12)20/h3-5,7,10,17H,6H2,1-2H3/t7-,10-,17+/m0/s1. The average Bonchev–Trinajstić information content (AvgIpc) is 2.90. The second-order valence-electron chi connectivity index (χ2n) is 5.80. The molecule has 118 valence electrons. The number of fused-ring (bicyclic) bond motifs is 3. The maximum absolute atomic E-state index is 12.9.